The maximum atomic E-state index is 11.9. The predicted octanol–water partition coefficient (Wildman–Crippen LogP) is 3.33. The van der Waals surface area contributed by atoms with Crippen molar-refractivity contribution in [1.82, 2.24) is 9.55 Å². The minimum absolute atomic E-state index is 0.105. The summed E-state index contributed by atoms with van der Waals surface area (Å²) in [5, 5.41) is 2.26. The summed E-state index contributed by atoms with van der Waals surface area (Å²) in [5.74, 6) is 0.715. The first-order valence-corrected chi connectivity index (χ1v) is 7.14. The van der Waals surface area contributed by atoms with Gasteiger partial charge in [0.05, 0.1) is 6.54 Å². The van der Waals surface area contributed by atoms with E-state index in [2.05, 4.69) is 20.9 Å². The molecule has 0 aliphatic carbocycles. The highest BCUT2D eigenvalue weighted by Crippen LogP contribution is 2.20. The van der Waals surface area contributed by atoms with Crippen molar-refractivity contribution in [2.24, 2.45) is 0 Å². The summed E-state index contributed by atoms with van der Waals surface area (Å²) in [4.78, 5) is 17.1. The van der Waals surface area contributed by atoms with Crippen LogP contribution in [-0.2, 0) is 13.0 Å². The van der Waals surface area contributed by atoms with Gasteiger partial charge in [0.15, 0.2) is 0 Å². The Morgan fingerprint density at radius 2 is 2.29 bits per heavy atom. The molecule has 0 aliphatic heterocycles. The molecule has 0 aliphatic rings. The van der Waals surface area contributed by atoms with E-state index in [0.29, 0.717) is 18.8 Å². The topological polar surface area (TPSA) is 34.9 Å². The zero-order valence-corrected chi connectivity index (χ0v) is 12.3. The predicted molar refractivity (Wildman–Crippen MR) is 74.0 cm³/mol. The monoisotopic (exact) mass is 332 g/mol. The standard InChI is InChI=1S/C11H10BrClN2OS/c1-2-10-14-9(13)4-11(16)15(10)5-8-3-7(12)6-17-8/h3-4,6H,2,5H2,1H3. The fourth-order valence-electron chi connectivity index (χ4n) is 1.55. The van der Waals surface area contributed by atoms with E-state index < -0.39 is 0 Å². The first-order chi connectivity index (χ1) is 8.10. The Morgan fingerprint density at radius 1 is 1.53 bits per heavy atom. The second kappa shape index (κ2) is 5.33. The molecule has 0 N–H and O–H groups in total. The van der Waals surface area contributed by atoms with Crippen molar-refractivity contribution in [1.29, 1.82) is 0 Å². The van der Waals surface area contributed by atoms with Gasteiger partial charge < -0.3 is 0 Å². The highest BCUT2D eigenvalue weighted by atomic mass is 79.9. The fraction of sp³-hybridized carbons (Fsp3) is 0.273. The lowest BCUT2D eigenvalue weighted by atomic mass is 10.4. The van der Waals surface area contributed by atoms with Gasteiger partial charge in [0.1, 0.15) is 11.0 Å². The number of hydrogen-bond donors (Lipinski definition) is 0. The molecule has 0 saturated heterocycles. The highest BCUT2D eigenvalue weighted by Gasteiger charge is 2.08. The van der Waals surface area contributed by atoms with Gasteiger partial charge in [-0.2, -0.15) is 0 Å². The van der Waals surface area contributed by atoms with Crippen LogP contribution in [0.4, 0.5) is 0 Å². The number of hydrogen-bond acceptors (Lipinski definition) is 3. The molecule has 2 rings (SSSR count). The van der Waals surface area contributed by atoms with E-state index >= 15 is 0 Å². The van der Waals surface area contributed by atoms with Crippen molar-refractivity contribution in [2.45, 2.75) is 19.9 Å². The van der Waals surface area contributed by atoms with Gasteiger partial charge in [-0.15, -0.1) is 11.3 Å². The van der Waals surface area contributed by atoms with Crippen LogP contribution in [0.25, 0.3) is 0 Å². The summed E-state index contributed by atoms with van der Waals surface area (Å²) >= 11 is 10.8. The van der Waals surface area contributed by atoms with Gasteiger partial charge in [0.2, 0.25) is 0 Å². The lowest BCUT2D eigenvalue weighted by molar-refractivity contribution is 0.681. The van der Waals surface area contributed by atoms with Crippen molar-refractivity contribution in [3.63, 3.8) is 0 Å². The Hall–Kier alpha value is -0.650. The van der Waals surface area contributed by atoms with Crippen LogP contribution < -0.4 is 5.56 Å². The molecule has 90 valence electrons. The molecule has 0 saturated carbocycles. The van der Waals surface area contributed by atoms with Crippen LogP contribution in [0.3, 0.4) is 0 Å². The van der Waals surface area contributed by atoms with Crippen molar-refractivity contribution in [2.75, 3.05) is 0 Å². The summed E-state index contributed by atoms with van der Waals surface area (Å²) in [6, 6.07) is 3.36. The van der Waals surface area contributed by atoms with Gasteiger partial charge in [-0.3, -0.25) is 9.36 Å². The van der Waals surface area contributed by atoms with E-state index in [1.807, 2.05) is 18.4 Å². The third-order valence-electron chi connectivity index (χ3n) is 2.31. The summed E-state index contributed by atoms with van der Waals surface area (Å²) in [7, 11) is 0. The number of thiophene rings is 1. The normalized spacial score (nSPS) is 10.8. The second-order valence-corrected chi connectivity index (χ2v) is 5.80. The summed E-state index contributed by atoms with van der Waals surface area (Å²) in [6.07, 6.45) is 0.683. The molecule has 6 heteroatoms. The molecule has 2 aromatic rings. The summed E-state index contributed by atoms with van der Waals surface area (Å²) in [6.45, 7) is 2.50. The van der Waals surface area contributed by atoms with Crippen LogP contribution in [0, 0.1) is 0 Å². The molecule has 3 nitrogen and oxygen atoms in total. The van der Waals surface area contributed by atoms with Gasteiger partial charge in [0.25, 0.3) is 5.56 Å². The van der Waals surface area contributed by atoms with Crippen LogP contribution in [0.15, 0.2) is 26.8 Å². The zero-order valence-electron chi connectivity index (χ0n) is 9.11. The van der Waals surface area contributed by atoms with Crippen LogP contribution in [-0.4, -0.2) is 9.55 Å². The Kier molecular flexibility index (Phi) is 4.01. The lowest BCUT2D eigenvalue weighted by Gasteiger charge is -2.09. The van der Waals surface area contributed by atoms with E-state index in [-0.39, 0.29) is 10.7 Å². The molecule has 0 spiro atoms. The smallest absolute Gasteiger partial charge is 0.255 e. The van der Waals surface area contributed by atoms with E-state index in [1.54, 1.807) is 15.9 Å². The van der Waals surface area contributed by atoms with Crippen molar-refractivity contribution < 1.29 is 0 Å². The average molecular weight is 334 g/mol. The summed E-state index contributed by atoms with van der Waals surface area (Å²) < 4.78 is 2.69. The van der Waals surface area contributed by atoms with Gasteiger partial charge in [-0.05, 0) is 22.0 Å². The molecule has 2 heterocycles. The Bertz CT molecular complexity index is 593. The molecular weight excluding hydrogens is 324 g/mol. The lowest BCUT2D eigenvalue weighted by Crippen LogP contribution is -2.24. The number of rotatable bonds is 3. The highest BCUT2D eigenvalue weighted by molar-refractivity contribution is 9.10. The van der Waals surface area contributed by atoms with Crippen LogP contribution in [0.1, 0.15) is 17.6 Å². The van der Waals surface area contributed by atoms with Crippen molar-refractivity contribution in [3.8, 4) is 0 Å². The fourth-order valence-corrected chi connectivity index (χ4v) is 3.18. The van der Waals surface area contributed by atoms with Gasteiger partial charge in [-0.1, -0.05) is 18.5 Å². The first-order valence-electron chi connectivity index (χ1n) is 5.09. The van der Waals surface area contributed by atoms with Crippen molar-refractivity contribution in [3.05, 3.63) is 48.2 Å². The molecular formula is C11H10BrClN2OS. The summed E-state index contributed by atoms with van der Waals surface area (Å²) in [5.41, 5.74) is -0.105. The van der Waals surface area contributed by atoms with Gasteiger partial charge >= 0.3 is 0 Å². The molecule has 2 aromatic heterocycles. The quantitative estimate of drug-likeness (QED) is 0.808. The minimum atomic E-state index is -0.105. The third-order valence-corrected chi connectivity index (χ3v) is 4.18. The first kappa shape index (κ1) is 12.8. The van der Waals surface area contributed by atoms with E-state index in [9.17, 15) is 4.79 Å². The largest absolute Gasteiger partial charge is 0.291 e. The molecule has 0 amide bonds. The average Bonchev–Trinajstić information content (AvgIpc) is 2.67. The Morgan fingerprint density at radius 3 is 2.88 bits per heavy atom. The number of aryl methyl sites for hydroxylation is 1. The molecule has 0 unspecified atom stereocenters. The molecule has 0 aromatic carbocycles. The van der Waals surface area contributed by atoms with E-state index in [1.165, 1.54) is 6.07 Å². The van der Waals surface area contributed by atoms with Crippen LogP contribution in [0.5, 0.6) is 0 Å². The maximum absolute atomic E-state index is 11.9. The van der Waals surface area contributed by atoms with Gasteiger partial charge in [0, 0.05) is 27.2 Å². The SMILES string of the molecule is CCc1nc(Cl)cc(=O)n1Cc1cc(Br)cs1. The van der Waals surface area contributed by atoms with E-state index in [0.717, 1.165) is 9.35 Å². The molecule has 0 bridgehead atoms. The number of aromatic nitrogens is 2. The van der Waals surface area contributed by atoms with Gasteiger partial charge in [-0.25, -0.2) is 4.98 Å². The second-order valence-electron chi connectivity index (χ2n) is 3.50. The van der Waals surface area contributed by atoms with Crippen molar-refractivity contribution >= 4 is 38.9 Å². The molecule has 17 heavy (non-hydrogen) atoms. The number of halogens is 2. The molecule has 0 radical (unpaired) electrons. The van der Waals surface area contributed by atoms with E-state index in [4.69, 9.17) is 11.6 Å². The molecule has 0 fully saturated rings. The van der Waals surface area contributed by atoms with Crippen LogP contribution >= 0.6 is 38.9 Å². The zero-order chi connectivity index (χ0) is 12.4. The maximum Gasteiger partial charge on any atom is 0.255 e. The molecule has 0 atom stereocenters. The Balaban J connectivity index is 2.41. The number of nitrogens with zero attached hydrogens (tertiary/aromatic N) is 2. The third kappa shape index (κ3) is 2.97. The minimum Gasteiger partial charge on any atom is -0.291 e. The Labute approximate surface area is 116 Å². The van der Waals surface area contributed by atoms with Crippen LogP contribution in [0.2, 0.25) is 5.15 Å².